The number of nitrogens with two attached hydrogens (primary N) is 1. The van der Waals surface area contributed by atoms with E-state index in [1.807, 2.05) is 19.9 Å². The molecule has 3 N–H and O–H groups in total. The lowest BCUT2D eigenvalue weighted by Crippen LogP contribution is -2.23. The van der Waals surface area contributed by atoms with Gasteiger partial charge in [0.05, 0.1) is 5.56 Å². The first-order chi connectivity index (χ1) is 8.58. The second-order valence-corrected chi connectivity index (χ2v) is 5.05. The molecule has 1 aromatic heterocycles. The van der Waals surface area contributed by atoms with Gasteiger partial charge in [0.2, 0.25) is 5.88 Å². The number of pyridine rings is 1. The second-order valence-electron chi connectivity index (χ2n) is 5.05. The van der Waals surface area contributed by atoms with Gasteiger partial charge in [-0.25, -0.2) is 4.98 Å². The predicted molar refractivity (Wildman–Crippen MR) is 72.2 cm³/mol. The molecule has 0 bridgehead atoms. The van der Waals surface area contributed by atoms with Crippen LogP contribution in [0.3, 0.4) is 0 Å². The molecular weight excluding hydrogens is 226 g/mol. The fourth-order valence-corrected chi connectivity index (χ4v) is 2.56. The number of nitrogens with zero attached hydrogens (tertiary/aromatic N) is 1. The minimum atomic E-state index is 0.0332. The Morgan fingerprint density at radius 1 is 1.33 bits per heavy atom. The lowest BCUT2D eigenvalue weighted by atomic mass is 9.98. The van der Waals surface area contributed by atoms with Gasteiger partial charge in [-0.2, -0.15) is 0 Å². The number of hydrogen-bond donors (Lipinski definition) is 2. The van der Waals surface area contributed by atoms with Crippen molar-refractivity contribution in [2.24, 2.45) is 5.73 Å². The maximum atomic E-state index is 7.66. The molecule has 4 nitrogen and oxygen atoms in total. The predicted octanol–water partition coefficient (Wildman–Crippen LogP) is 2.69. The smallest absolute Gasteiger partial charge is 0.225 e. The molecule has 98 valence electrons. The van der Waals surface area contributed by atoms with Crippen LogP contribution in [0, 0.1) is 19.3 Å². The van der Waals surface area contributed by atoms with Gasteiger partial charge >= 0.3 is 0 Å². The van der Waals surface area contributed by atoms with Crippen molar-refractivity contribution in [3.63, 3.8) is 0 Å². The Bertz CT molecular complexity index is 451. The summed E-state index contributed by atoms with van der Waals surface area (Å²) >= 11 is 0. The molecule has 1 aliphatic carbocycles. The number of amidine groups is 1. The van der Waals surface area contributed by atoms with Crippen molar-refractivity contribution in [1.82, 2.24) is 4.98 Å². The Morgan fingerprint density at radius 3 is 2.61 bits per heavy atom. The van der Waals surface area contributed by atoms with Crippen molar-refractivity contribution in [3.05, 3.63) is 22.9 Å². The van der Waals surface area contributed by atoms with Crippen molar-refractivity contribution in [2.45, 2.75) is 52.1 Å². The molecule has 1 fully saturated rings. The molecule has 1 saturated carbocycles. The fourth-order valence-electron chi connectivity index (χ4n) is 2.56. The molecule has 0 atom stereocenters. The van der Waals surface area contributed by atoms with Crippen molar-refractivity contribution in [2.75, 3.05) is 0 Å². The first kappa shape index (κ1) is 12.9. The molecule has 0 aromatic carbocycles. The van der Waals surface area contributed by atoms with Gasteiger partial charge in [-0.1, -0.05) is 6.42 Å². The molecule has 0 unspecified atom stereocenters. The molecule has 0 spiro atoms. The quantitative estimate of drug-likeness (QED) is 0.637. The first-order valence-corrected chi connectivity index (χ1v) is 6.57. The standard InChI is InChI=1S/C14H21N3O/c1-9-8-10(2)17-14(12(9)13(15)16)18-11-6-4-3-5-7-11/h8,11H,3-7H2,1-2H3,(H3,15,16). The molecule has 1 aliphatic rings. The van der Waals surface area contributed by atoms with Gasteiger partial charge in [-0.15, -0.1) is 0 Å². The number of nitrogen functional groups attached to an aromatic ring is 1. The van der Waals surface area contributed by atoms with Crippen LogP contribution in [0.4, 0.5) is 0 Å². The van der Waals surface area contributed by atoms with Crippen molar-refractivity contribution in [3.8, 4) is 5.88 Å². The van der Waals surface area contributed by atoms with Crippen LogP contribution in [0.15, 0.2) is 6.07 Å². The summed E-state index contributed by atoms with van der Waals surface area (Å²) in [4.78, 5) is 4.41. The van der Waals surface area contributed by atoms with Crippen LogP contribution in [0.1, 0.15) is 48.9 Å². The van der Waals surface area contributed by atoms with Gasteiger partial charge in [0.15, 0.2) is 0 Å². The van der Waals surface area contributed by atoms with E-state index in [1.54, 1.807) is 0 Å². The highest BCUT2D eigenvalue weighted by Gasteiger charge is 2.19. The zero-order chi connectivity index (χ0) is 13.1. The monoisotopic (exact) mass is 247 g/mol. The number of ether oxygens (including phenoxy) is 1. The van der Waals surface area contributed by atoms with E-state index in [0.29, 0.717) is 11.4 Å². The molecule has 1 heterocycles. The van der Waals surface area contributed by atoms with Crippen LogP contribution >= 0.6 is 0 Å². The van der Waals surface area contributed by atoms with Crippen LogP contribution in [0.5, 0.6) is 5.88 Å². The molecule has 0 saturated heterocycles. The highest BCUT2D eigenvalue weighted by molar-refractivity contribution is 5.98. The third-order valence-electron chi connectivity index (χ3n) is 3.41. The lowest BCUT2D eigenvalue weighted by molar-refractivity contribution is 0.148. The number of aromatic nitrogens is 1. The lowest BCUT2D eigenvalue weighted by Gasteiger charge is -2.24. The van der Waals surface area contributed by atoms with Gasteiger partial charge in [0, 0.05) is 5.69 Å². The number of hydrogen-bond acceptors (Lipinski definition) is 3. The Morgan fingerprint density at radius 2 is 2.00 bits per heavy atom. The van der Waals surface area contributed by atoms with Crippen molar-refractivity contribution < 1.29 is 4.74 Å². The molecule has 4 heteroatoms. The summed E-state index contributed by atoms with van der Waals surface area (Å²) in [6.07, 6.45) is 6.10. The topological polar surface area (TPSA) is 72.0 Å². The van der Waals surface area contributed by atoms with Gasteiger partial charge in [0.25, 0.3) is 0 Å². The largest absolute Gasteiger partial charge is 0.474 e. The van der Waals surface area contributed by atoms with Gasteiger partial charge in [-0.3, -0.25) is 5.41 Å². The summed E-state index contributed by atoms with van der Waals surface area (Å²) in [6.45, 7) is 3.88. The van der Waals surface area contributed by atoms with Crippen LogP contribution in [0.2, 0.25) is 0 Å². The second kappa shape index (κ2) is 5.38. The minimum Gasteiger partial charge on any atom is -0.474 e. The molecule has 0 amide bonds. The maximum absolute atomic E-state index is 7.66. The SMILES string of the molecule is Cc1cc(C)c(C(=N)N)c(OC2CCCCC2)n1. The van der Waals surface area contributed by atoms with Gasteiger partial charge in [0.1, 0.15) is 11.9 Å². The average molecular weight is 247 g/mol. The third-order valence-corrected chi connectivity index (χ3v) is 3.41. The van der Waals surface area contributed by atoms with E-state index in [4.69, 9.17) is 15.9 Å². The number of aryl methyl sites for hydroxylation is 2. The average Bonchev–Trinajstić information content (AvgIpc) is 2.28. The first-order valence-electron chi connectivity index (χ1n) is 6.57. The zero-order valence-corrected chi connectivity index (χ0v) is 11.1. The minimum absolute atomic E-state index is 0.0332. The highest BCUT2D eigenvalue weighted by atomic mass is 16.5. The normalized spacial score (nSPS) is 16.6. The summed E-state index contributed by atoms with van der Waals surface area (Å²) in [5.74, 6) is 0.567. The molecule has 1 aromatic rings. The zero-order valence-electron chi connectivity index (χ0n) is 11.1. The number of nitrogens with one attached hydrogen (secondary N) is 1. The van der Waals surface area contributed by atoms with E-state index in [1.165, 1.54) is 19.3 Å². The maximum Gasteiger partial charge on any atom is 0.225 e. The molecule has 0 aliphatic heterocycles. The van der Waals surface area contributed by atoms with Crippen LogP contribution < -0.4 is 10.5 Å². The fraction of sp³-hybridized carbons (Fsp3) is 0.571. The van der Waals surface area contributed by atoms with Gasteiger partial charge in [-0.05, 0) is 51.2 Å². The van der Waals surface area contributed by atoms with Crippen molar-refractivity contribution in [1.29, 1.82) is 5.41 Å². The molecule has 0 radical (unpaired) electrons. The Labute approximate surface area is 108 Å². The van der Waals surface area contributed by atoms with E-state index in [9.17, 15) is 0 Å². The summed E-state index contributed by atoms with van der Waals surface area (Å²) in [7, 11) is 0. The summed E-state index contributed by atoms with van der Waals surface area (Å²) in [5, 5.41) is 7.66. The van der Waals surface area contributed by atoms with E-state index in [0.717, 1.165) is 24.1 Å². The number of rotatable bonds is 3. The van der Waals surface area contributed by atoms with Crippen molar-refractivity contribution >= 4 is 5.84 Å². The molecule has 18 heavy (non-hydrogen) atoms. The Kier molecular flexibility index (Phi) is 3.84. The highest BCUT2D eigenvalue weighted by Crippen LogP contribution is 2.26. The van der Waals surface area contributed by atoms with E-state index in [2.05, 4.69) is 4.98 Å². The molecular formula is C14H21N3O. The van der Waals surface area contributed by atoms with E-state index in [-0.39, 0.29) is 11.9 Å². The summed E-state index contributed by atoms with van der Waals surface area (Å²) in [5.41, 5.74) is 8.14. The van der Waals surface area contributed by atoms with E-state index < -0.39 is 0 Å². The molecule has 2 rings (SSSR count). The van der Waals surface area contributed by atoms with Crippen LogP contribution in [0.25, 0.3) is 0 Å². The summed E-state index contributed by atoms with van der Waals surface area (Å²) < 4.78 is 5.98. The van der Waals surface area contributed by atoms with Crippen LogP contribution in [-0.2, 0) is 0 Å². The van der Waals surface area contributed by atoms with Crippen LogP contribution in [-0.4, -0.2) is 16.9 Å². The summed E-state index contributed by atoms with van der Waals surface area (Å²) in [6, 6.07) is 1.93. The Balaban J connectivity index is 2.27. The van der Waals surface area contributed by atoms with Gasteiger partial charge < -0.3 is 10.5 Å². The Hall–Kier alpha value is -1.58. The van der Waals surface area contributed by atoms with E-state index >= 15 is 0 Å². The third kappa shape index (κ3) is 2.81.